The van der Waals surface area contributed by atoms with Crippen molar-refractivity contribution in [3.63, 3.8) is 0 Å². The number of benzene rings is 2. The molecule has 0 saturated carbocycles. The maximum absolute atomic E-state index is 2.51. The predicted octanol–water partition coefficient (Wildman–Crippen LogP) is 5.39. The molecule has 0 unspecified atom stereocenters. The molecule has 3 aromatic rings. The number of hydrogen-bond acceptors (Lipinski definition) is 0. The molecule has 110 valence electrons. The van der Waals surface area contributed by atoms with E-state index in [1.54, 1.807) is 0 Å². The molecule has 1 aliphatic rings. The van der Waals surface area contributed by atoms with Crippen molar-refractivity contribution in [1.82, 2.24) is 4.57 Å². The maximum atomic E-state index is 2.51. The van der Waals surface area contributed by atoms with Crippen molar-refractivity contribution in [2.45, 2.75) is 33.2 Å². The Bertz CT molecular complexity index is 736. The van der Waals surface area contributed by atoms with Crippen LogP contribution in [-0.4, -0.2) is 4.57 Å². The second-order valence-corrected chi connectivity index (χ2v) is 6.38. The Morgan fingerprint density at radius 2 is 1.36 bits per heavy atom. The van der Waals surface area contributed by atoms with Crippen molar-refractivity contribution in [3.8, 4) is 22.4 Å². The van der Waals surface area contributed by atoms with Crippen molar-refractivity contribution in [3.05, 3.63) is 71.4 Å². The summed E-state index contributed by atoms with van der Waals surface area (Å²) >= 11 is 0. The van der Waals surface area contributed by atoms with Gasteiger partial charge in [-0.1, -0.05) is 59.7 Å². The van der Waals surface area contributed by atoms with Crippen molar-refractivity contribution in [1.29, 1.82) is 0 Å². The fourth-order valence-corrected chi connectivity index (χ4v) is 3.46. The van der Waals surface area contributed by atoms with Crippen molar-refractivity contribution < 1.29 is 0 Å². The minimum absolute atomic E-state index is 1.14. The van der Waals surface area contributed by atoms with Crippen LogP contribution in [-0.2, 0) is 13.0 Å². The summed E-state index contributed by atoms with van der Waals surface area (Å²) in [7, 11) is 0. The molecule has 2 aromatic carbocycles. The Morgan fingerprint density at radius 1 is 0.773 bits per heavy atom. The van der Waals surface area contributed by atoms with Gasteiger partial charge in [0.15, 0.2) is 0 Å². The topological polar surface area (TPSA) is 4.93 Å². The predicted molar refractivity (Wildman–Crippen MR) is 93.1 cm³/mol. The Labute approximate surface area is 132 Å². The lowest BCUT2D eigenvalue weighted by Gasteiger charge is -2.06. The molecule has 0 atom stereocenters. The zero-order valence-electron chi connectivity index (χ0n) is 13.3. The van der Waals surface area contributed by atoms with E-state index in [2.05, 4.69) is 73.0 Å². The molecule has 1 aromatic heterocycles. The number of aromatic nitrogens is 1. The SMILES string of the molecule is Cc1ccc(-c2cc(-c3ccc(C)cc3)n3c2CCC3)cc1. The summed E-state index contributed by atoms with van der Waals surface area (Å²) in [5.41, 5.74) is 9.58. The van der Waals surface area contributed by atoms with E-state index in [0.29, 0.717) is 0 Å². The number of nitrogens with zero attached hydrogens (tertiary/aromatic N) is 1. The normalized spacial score (nSPS) is 13.4. The van der Waals surface area contributed by atoms with Gasteiger partial charge >= 0.3 is 0 Å². The molecular weight excluding hydrogens is 266 g/mol. The smallest absolute Gasteiger partial charge is 0.0488 e. The van der Waals surface area contributed by atoms with E-state index >= 15 is 0 Å². The molecule has 0 N–H and O–H groups in total. The van der Waals surface area contributed by atoms with Crippen LogP contribution >= 0.6 is 0 Å². The molecule has 4 rings (SSSR count). The highest BCUT2D eigenvalue weighted by Crippen LogP contribution is 2.36. The van der Waals surface area contributed by atoms with E-state index < -0.39 is 0 Å². The average molecular weight is 287 g/mol. The molecule has 22 heavy (non-hydrogen) atoms. The van der Waals surface area contributed by atoms with Gasteiger partial charge in [0, 0.05) is 23.5 Å². The Kier molecular flexibility index (Phi) is 3.15. The van der Waals surface area contributed by atoms with E-state index in [4.69, 9.17) is 0 Å². The molecule has 0 radical (unpaired) electrons. The maximum Gasteiger partial charge on any atom is 0.0488 e. The van der Waals surface area contributed by atoms with Crippen LogP contribution in [0.2, 0.25) is 0 Å². The van der Waals surface area contributed by atoms with Crippen LogP contribution in [0.1, 0.15) is 23.2 Å². The molecule has 0 spiro atoms. The molecule has 1 nitrogen and oxygen atoms in total. The molecule has 2 heterocycles. The fraction of sp³-hybridized carbons (Fsp3) is 0.238. The monoisotopic (exact) mass is 287 g/mol. The zero-order chi connectivity index (χ0) is 15.1. The molecule has 1 aliphatic heterocycles. The van der Waals surface area contributed by atoms with E-state index in [9.17, 15) is 0 Å². The summed E-state index contributed by atoms with van der Waals surface area (Å²) < 4.78 is 2.51. The quantitative estimate of drug-likeness (QED) is 0.596. The summed E-state index contributed by atoms with van der Waals surface area (Å²) in [6, 6.07) is 20.2. The van der Waals surface area contributed by atoms with Gasteiger partial charge in [-0.2, -0.15) is 0 Å². The first kappa shape index (κ1) is 13.4. The van der Waals surface area contributed by atoms with Gasteiger partial charge in [0.25, 0.3) is 0 Å². The summed E-state index contributed by atoms with van der Waals surface area (Å²) in [6.07, 6.45) is 2.45. The Balaban J connectivity index is 1.86. The highest BCUT2D eigenvalue weighted by atomic mass is 15.0. The first-order valence-corrected chi connectivity index (χ1v) is 8.09. The van der Waals surface area contributed by atoms with Gasteiger partial charge in [-0.3, -0.25) is 0 Å². The molecule has 0 amide bonds. The van der Waals surface area contributed by atoms with Crippen LogP contribution in [0.3, 0.4) is 0 Å². The first-order valence-electron chi connectivity index (χ1n) is 8.09. The lowest BCUT2D eigenvalue weighted by atomic mass is 10.0. The molecule has 0 fully saturated rings. The Morgan fingerprint density at radius 3 is 2.00 bits per heavy atom. The van der Waals surface area contributed by atoms with E-state index in [-0.39, 0.29) is 0 Å². The van der Waals surface area contributed by atoms with Gasteiger partial charge < -0.3 is 4.57 Å². The standard InChI is InChI=1S/C21H21N/c1-15-5-9-17(10-6-15)19-14-21(22-13-3-4-20(19)22)18-11-7-16(2)8-12-18/h5-12,14H,3-4,13H2,1-2H3. The van der Waals surface area contributed by atoms with Crippen LogP contribution in [0.5, 0.6) is 0 Å². The third kappa shape index (κ3) is 2.18. The van der Waals surface area contributed by atoms with Crippen LogP contribution < -0.4 is 0 Å². The van der Waals surface area contributed by atoms with Crippen LogP contribution in [0, 0.1) is 13.8 Å². The van der Waals surface area contributed by atoms with Gasteiger partial charge in [-0.05, 0) is 43.9 Å². The summed E-state index contributed by atoms with van der Waals surface area (Å²) in [5.74, 6) is 0. The van der Waals surface area contributed by atoms with Crippen molar-refractivity contribution >= 4 is 0 Å². The highest BCUT2D eigenvalue weighted by Gasteiger charge is 2.21. The van der Waals surface area contributed by atoms with Crippen LogP contribution in [0.15, 0.2) is 54.6 Å². The lowest BCUT2D eigenvalue weighted by Crippen LogP contribution is -1.95. The minimum Gasteiger partial charge on any atom is -0.344 e. The molecule has 0 saturated heterocycles. The van der Waals surface area contributed by atoms with Gasteiger partial charge in [0.05, 0.1) is 0 Å². The molecule has 0 bridgehead atoms. The fourth-order valence-electron chi connectivity index (χ4n) is 3.46. The van der Waals surface area contributed by atoms with Gasteiger partial charge in [-0.25, -0.2) is 0 Å². The second kappa shape index (κ2) is 5.17. The zero-order valence-corrected chi connectivity index (χ0v) is 13.3. The van der Waals surface area contributed by atoms with Crippen molar-refractivity contribution in [2.75, 3.05) is 0 Å². The summed E-state index contributed by atoms with van der Waals surface area (Å²) in [4.78, 5) is 0. The third-order valence-corrected chi connectivity index (χ3v) is 4.71. The molecule has 1 heteroatoms. The van der Waals surface area contributed by atoms with Gasteiger partial charge in [0.1, 0.15) is 0 Å². The highest BCUT2D eigenvalue weighted by molar-refractivity contribution is 5.76. The van der Waals surface area contributed by atoms with Gasteiger partial charge in [-0.15, -0.1) is 0 Å². The number of fused-ring (bicyclic) bond motifs is 1. The van der Waals surface area contributed by atoms with Gasteiger partial charge in [0.2, 0.25) is 0 Å². The van der Waals surface area contributed by atoms with E-state index in [1.165, 1.54) is 52.0 Å². The number of aryl methyl sites for hydroxylation is 2. The largest absolute Gasteiger partial charge is 0.344 e. The van der Waals surface area contributed by atoms with Crippen molar-refractivity contribution in [2.24, 2.45) is 0 Å². The summed E-state index contributed by atoms with van der Waals surface area (Å²) in [6.45, 7) is 5.43. The van der Waals surface area contributed by atoms with Crippen LogP contribution in [0.25, 0.3) is 22.4 Å². The van der Waals surface area contributed by atoms with Crippen LogP contribution in [0.4, 0.5) is 0 Å². The minimum atomic E-state index is 1.14. The first-order chi connectivity index (χ1) is 10.7. The molecule has 0 aliphatic carbocycles. The molecular formula is C21H21N. The number of hydrogen-bond donors (Lipinski definition) is 0. The summed E-state index contributed by atoms with van der Waals surface area (Å²) in [5, 5.41) is 0. The second-order valence-electron chi connectivity index (χ2n) is 6.38. The van der Waals surface area contributed by atoms with E-state index in [1.807, 2.05) is 0 Å². The van der Waals surface area contributed by atoms with E-state index in [0.717, 1.165) is 6.54 Å². The Hall–Kier alpha value is -2.28. The third-order valence-electron chi connectivity index (χ3n) is 4.71. The lowest BCUT2D eigenvalue weighted by molar-refractivity contribution is 0.756. The average Bonchev–Trinajstić information content (AvgIpc) is 3.12. The number of rotatable bonds is 2.